The first kappa shape index (κ1) is 14.4. The Labute approximate surface area is 120 Å². The Morgan fingerprint density at radius 1 is 1.37 bits per heavy atom. The molecule has 0 spiro atoms. The topological polar surface area (TPSA) is 20.3 Å². The molecule has 104 valence electrons. The summed E-state index contributed by atoms with van der Waals surface area (Å²) in [7, 11) is 1.90. The third kappa shape index (κ3) is 3.73. The second kappa shape index (κ2) is 5.96. The van der Waals surface area contributed by atoms with Crippen molar-refractivity contribution >= 4 is 17.5 Å². The second-order valence-electron chi connectivity index (χ2n) is 5.82. The number of alkyl halides is 1. The molecule has 0 unspecified atom stereocenters. The van der Waals surface area contributed by atoms with Crippen LogP contribution in [0.3, 0.4) is 0 Å². The molecule has 0 aromatic heterocycles. The van der Waals surface area contributed by atoms with Gasteiger partial charge in [-0.15, -0.1) is 11.6 Å². The summed E-state index contributed by atoms with van der Waals surface area (Å²) in [5.74, 6) is 0.793. The van der Waals surface area contributed by atoms with Crippen molar-refractivity contribution in [2.75, 3.05) is 13.6 Å². The summed E-state index contributed by atoms with van der Waals surface area (Å²) in [5, 5.41) is 0.326. The van der Waals surface area contributed by atoms with Crippen LogP contribution in [0, 0.1) is 19.8 Å². The van der Waals surface area contributed by atoms with Crippen LogP contribution in [0.1, 0.15) is 29.5 Å². The number of hydrogen-bond acceptors (Lipinski definition) is 1. The number of amides is 1. The lowest BCUT2D eigenvalue weighted by Gasteiger charge is -2.34. The highest BCUT2D eigenvalue weighted by Gasteiger charge is 2.29. The predicted molar refractivity (Wildman–Crippen MR) is 79.6 cm³/mol. The summed E-state index contributed by atoms with van der Waals surface area (Å²) in [6.07, 6.45) is 2.59. The molecule has 0 N–H and O–H groups in total. The van der Waals surface area contributed by atoms with Gasteiger partial charge in [0.2, 0.25) is 5.91 Å². The van der Waals surface area contributed by atoms with Crippen molar-refractivity contribution < 1.29 is 4.79 Å². The van der Waals surface area contributed by atoms with Gasteiger partial charge in [-0.05, 0) is 43.7 Å². The Kier molecular flexibility index (Phi) is 4.51. The third-order valence-corrected chi connectivity index (χ3v) is 4.34. The fraction of sp³-hybridized carbons (Fsp3) is 0.562. The lowest BCUT2D eigenvalue weighted by Crippen LogP contribution is -2.38. The van der Waals surface area contributed by atoms with E-state index in [1.54, 1.807) is 0 Å². The lowest BCUT2D eigenvalue weighted by molar-refractivity contribution is -0.130. The largest absolute Gasteiger partial charge is 0.345 e. The zero-order valence-electron chi connectivity index (χ0n) is 11.9. The van der Waals surface area contributed by atoms with Crippen LogP contribution in [-0.4, -0.2) is 29.8 Å². The van der Waals surface area contributed by atoms with E-state index < -0.39 is 0 Å². The highest BCUT2D eigenvalue weighted by Crippen LogP contribution is 2.32. The van der Waals surface area contributed by atoms with Crippen LogP contribution in [0.2, 0.25) is 0 Å². The minimum atomic E-state index is 0.201. The summed E-state index contributed by atoms with van der Waals surface area (Å²) < 4.78 is 0. The smallest absolute Gasteiger partial charge is 0.226 e. The Bertz CT molecular complexity index is 466. The summed E-state index contributed by atoms with van der Waals surface area (Å²) >= 11 is 5.97. The summed E-state index contributed by atoms with van der Waals surface area (Å²) in [6, 6.07) is 6.28. The maximum Gasteiger partial charge on any atom is 0.226 e. The molecule has 0 radical (unpaired) electrons. The predicted octanol–water partition coefficient (Wildman–Crippen LogP) is 3.32. The number of carbonyl (C=O) groups is 1. The van der Waals surface area contributed by atoms with Crippen LogP contribution in [0.4, 0.5) is 0 Å². The van der Waals surface area contributed by atoms with Crippen molar-refractivity contribution in [3.63, 3.8) is 0 Å². The van der Waals surface area contributed by atoms with E-state index in [0.717, 1.165) is 24.9 Å². The Morgan fingerprint density at radius 2 is 2.05 bits per heavy atom. The van der Waals surface area contributed by atoms with Gasteiger partial charge < -0.3 is 4.90 Å². The normalized spacial score (nSPS) is 21.9. The highest BCUT2D eigenvalue weighted by molar-refractivity contribution is 6.21. The number of hydrogen-bond donors (Lipinski definition) is 0. The van der Waals surface area contributed by atoms with Gasteiger partial charge in [-0.3, -0.25) is 4.79 Å². The van der Waals surface area contributed by atoms with Crippen LogP contribution >= 0.6 is 11.6 Å². The average Bonchev–Trinajstić information content (AvgIpc) is 2.31. The molecular formula is C16H22ClNO. The molecule has 2 rings (SSSR count). The molecule has 1 fully saturated rings. The number of halogens is 1. The first-order valence-electron chi connectivity index (χ1n) is 6.90. The number of likely N-dealkylation sites (N-methyl/N-ethyl adjacent to an activating group) is 1. The van der Waals surface area contributed by atoms with Crippen LogP contribution in [0.15, 0.2) is 18.2 Å². The number of carbonyl (C=O) groups excluding carboxylic acids is 1. The Balaban J connectivity index is 1.91. The molecule has 3 heteroatoms. The fourth-order valence-electron chi connectivity index (χ4n) is 2.58. The van der Waals surface area contributed by atoms with E-state index in [9.17, 15) is 4.79 Å². The lowest BCUT2D eigenvalue weighted by atomic mass is 9.84. The van der Waals surface area contributed by atoms with Gasteiger partial charge in [0, 0.05) is 19.0 Å². The van der Waals surface area contributed by atoms with Crippen LogP contribution in [-0.2, 0) is 11.2 Å². The van der Waals surface area contributed by atoms with E-state index in [1.165, 1.54) is 11.1 Å². The first-order valence-corrected chi connectivity index (χ1v) is 7.33. The molecule has 1 aliphatic carbocycles. The Morgan fingerprint density at radius 3 is 2.68 bits per heavy atom. The van der Waals surface area contributed by atoms with Crippen molar-refractivity contribution in [2.45, 2.75) is 38.5 Å². The molecule has 2 nitrogen and oxygen atoms in total. The van der Waals surface area contributed by atoms with E-state index in [1.807, 2.05) is 11.9 Å². The average molecular weight is 280 g/mol. The van der Waals surface area contributed by atoms with Crippen molar-refractivity contribution in [3.05, 3.63) is 34.9 Å². The van der Waals surface area contributed by atoms with Gasteiger partial charge in [-0.1, -0.05) is 23.8 Å². The third-order valence-electron chi connectivity index (χ3n) is 3.98. The number of nitrogens with zero attached hydrogens (tertiary/aromatic N) is 1. The fourth-order valence-corrected chi connectivity index (χ4v) is 3.09. The minimum Gasteiger partial charge on any atom is -0.345 e. The summed E-state index contributed by atoms with van der Waals surface area (Å²) in [6.45, 7) is 4.96. The van der Waals surface area contributed by atoms with Crippen LogP contribution in [0.5, 0.6) is 0 Å². The summed E-state index contributed by atoms with van der Waals surface area (Å²) in [5.41, 5.74) is 3.54. The van der Waals surface area contributed by atoms with Gasteiger partial charge in [0.25, 0.3) is 0 Å². The van der Waals surface area contributed by atoms with Crippen LogP contribution < -0.4 is 0 Å². The molecule has 1 aromatic rings. The highest BCUT2D eigenvalue weighted by atomic mass is 35.5. The van der Waals surface area contributed by atoms with Gasteiger partial charge in [-0.25, -0.2) is 0 Å². The minimum absolute atomic E-state index is 0.201. The molecule has 1 amide bonds. The van der Waals surface area contributed by atoms with E-state index in [-0.39, 0.29) is 5.91 Å². The van der Waals surface area contributed by atoms with Crippen LogP contribution in [0.25, 0.3) is 0 Å². The quantitative estimate of drug-likeness (QED) is 0.774. The number of rotatable bonds is 4. The van der Waals surface area contributed by atoms with E-state index in [4.69, 9.17) is 11.6 Å². The molecule has 0 atom stereocenters. The SMILES string of the molecule is Cc1ccc(C)c(CC(=O)N(C)CC2CC(Cl)C2)c1. The molecule has 1 aliphatic rings. The number of benzene rings is 1. The van der Waals surface area contributed by atoms with Gasteiger partial charge in [-0.2, -0.15) is 0 Å². The maximum atomic E-state index is 12.2. The van der Waals surface area contributed by atoms with Crippen molar-refractivity contribution in [1.29, 1.82) is 0 Å². The molecular weight excluding hydrogens is 258 g/mol. The molecule has 0 saturated heterocycles. The second-order valence-corrected chi connectivity index (χ2v) is 6.43. The maximum absolute atomic E-state index is 12.2. The molecule has 1 saturated carbocycles. The van der Waals surface area contributed by atoms with Gasteiger partial charge in [0.1, 0.15) is 0 Å². The van der Waals surface area contributed by atoms with Gasteiger partial charge in [0.15, 0.2) is 0 Å². The first-order chi connectivity index (χ1) is 8.95. The monoisotopic (exact) mass is 279 g/mol. The summed E-state index contributed by atoms with van der Waals surface area (Å²) in [4.78, 5) is 14.1. The standard InChI is InChI=1S/C16H22ClNO/c1-11-4-5-12(2)14(6-11)9-16(19)18(3)10-13-7-15(17)8-13/h4-6,13,15H,7-10H2,1-3H3. The van der Waals surface area contributed by atoms with Gasteiger partial charge in [0.05, 0.1) is 6.42 Å². The van der Waals surface area contributed by atoms with E-state index in [0.29, 0.717) is 17.7 Å². The molecule has 1 aromatic carbocycles. The van der Waals surface area contributed by atoms with E-state index in [2.05, 4.69) is 32.0 Å². The number of aryl methyl sites for hydroxylation is 2. The van der Waals surface area contributed by atoms with Gasteiger partial charge >= 0.3 is 0 Å². The molecule has 0 heterocycles. The van der Waals surface area contributed by atoms with Crippen molar-refractivity contribution in [2.24, 2.45) is 5.92 Å². The molecule has 19 heavy (non-hydrogen) atoms. The van der Waals surface area contributed by atoms with Crippen molar-refractivity contribution in [3.8, 4) is 0 Å². The van der Waals surface area contributed by atoms with E-state index >= 15 is 0 Å². The molecule has 0 bridgehead atoms. The zero-order chi connectivity index (χ0) is 14.0. The van der Waals surface area contributed by atoms with Crippen molar-refractivity contribution in [1.82, 2.24) is 4.90 Å². The zero-order valence-corrected chi connectivity index (χ0v) is 12.7. The Hall–Kier alpha value is -1.02. The molecule has 0 aliphatic heterocycles.